The van der Waals surface area contributed by atoms with Crippen molar-refractivity contribution in [2.45, 2.75) is 25.8 Å². The third-order valence-corrected chi connectivity index (χ3v) is 3.78. The number of nitro benzene ring substituents is 1. The summed E-state index contributed by atoms with van der Waals surface area (Å²) in [7, 11) is 0. The molecule has 0 unspecified atom stereocenters. The van der Waals surface area contributed by atoms with Gasteiger partial charge in [0, 0.05) is 36.3 Å². The molecule has 0 atom stereocenters. The maximum atomic E-state index is 12.0. The number of rotatable bonds is 5. The van der Waals surface area contributed by atoms with Crippen LogP contribution in [0.3, 0.4) is 0 Å². The molecule has 0 spiro atoms. The van der Waals surface area contributed by atoms with E-state index >= 15 is 0 Å². The molecule has 1 aromatic rings. The predicted octanol–water partition coefficient (Wildman–Crippen LogP) is 2.35. The molecule has 1 aliphatic rings. The van der Waals surface area contributed by atoms with Crippen molar-refractivity contribution in [2.24, 2.45) is 0 Å². The molecule has 7 heteroatoms. The van der Waals surface area contributed by atoms with Crippen LogP contribution in [0.5, 0.6) is 0 Å². The largest absolute Gasteiger partial charge is 0.342 e. The minimum absolute atomic E-state index is 0.0274. The van der Waals surface area contributed by atoms with Crippen LogP contribution in [0.2, 0.25) is 5.02 Å². The van der Waals surface area contributed by atoms with Crippen molar-refractivity contribution in [2.75, 3.05) is 19.6 Å². The van der Waals surface area contributed by atoms with Crippen LogP contribution < -0.4 is 5.32 Å². The highest BCUT2D eigenvalue weighted by Crippen LogP contribution is 2.22. The summed E-state index contributed by atoms with van der Waals surface area (Å²) >= 11 is 5.76. The predicted molar refractivity (Wildman–Crippen MR) is 80.2 cm³/mol. The van der Waals surface area contributed by atoms with Crippen LogP contribution in [0.25, 0.3) is 0 Å². The number of amides is 1. The molecule has 1 fully saturated rings. The Hall–Kier alpha value is -1.66. The lowest BCUT2D eigenvalue weighted by Gasteiger charge is -2.26. The number of nitrogens with one attached hydrogen (secondary N) is 1. The molecule has 2 rings (SSSR count). The fourth-order valence-corrected chi connectivity index (χ4v) is 2.58. The summed E-state index contributed by atoms with van der Waals surface area (Å²) in [6, 6.07) is 4.54. The van der Waals surface area contributed by atoms with Gasteiger partial charge in [-0.15, -0.1) is 0 Å². The van der Waals surface area contributed by atoms with Crippen LogP contribution in [-0.2, 0) is 11.3 Å². The van der Waals surface area contributed by atoms with E-state index in [1.807, 2.05) is 4.90 Å². The SMILES string of the molecule is O=C(CNCc1ccc(Cl)cc1[N+](=O)[O-])N1CCCCC1. The number of carbonyl (C=O) groups is 1. The fraction of sp³-hybridized carbons (Fsp3) is 0.500. The number of benzene rings is 1. The number of hydrogen-bond donors (Lipinski definition) is 1. The van der Waals surface area contributed by atoms with Gasteiger partial charge >= 0.3 is 0 Å². The number of piperidine rings is 1. The zero-order valence-electron chi connectivity index (χ0n) is 11.7. The lowest BCUT2D eigenvalue weighted by atomic mass is 10.1. The first kappa shape index (κ1) is 15.7. The highest BCUT2D eigenvalue weighted by Gasteiger charge is 2.17. The molecule has 0 aromatic heterocycles. The quantitative estimate of drug-likeness (QED) is 0.669. The van der Waals surface area contributed by atoms with Gasteiger partial charge in [-0.05, 0) is 31.4 Å². The van der Waals surface area contributed by atoms with Crippen molar-refractivity contribution in [3.8, 4) is 0 Å². The standard InChI is InChI=1S/C14H18ClN3O3/c15-12-5-4-11(13(8-12)18(20)21)9-16-10-14(19)17-6-2-1-3-7-17/h4-5,8,16H,1-3,6-7,9-10H2. The Morgan fingerprint density at radius 2 is 2.05 bits per heavy atom. The third-order valence-electron chi connectivity index (χ3n) is 3.54. The Labute approximate surface area is 128 Å². The summed E-state index contributed by atoms with van der Waals surface area (Å²) in [5, 5.41) is 14.3. The Kier molecular flexibility index (Phi) is 5.52. The van der Waals surface area contributed by atoms with Gasteiger partial charge in [-0.1, -0.05) is 11.6 Å². The maximum absolute atomic E-state index is 12.0. The van der Waals surface area contributed by atoms with Crippen molar-refractivity contribution >= 4 is 23.2 Å². The van der Waals surface area contributed by atoms with Crippen LogP contribution in [0.4, 0.5) is 5.69 Å². The highest BCUT2D eigenvalue weighted by molar-refractivity contribution is 6.30. The first-order valence-electron chi connectivity index (χ1n) is 6.99. The van der Waals surface area contributed by atoms with Gasteiger partial charge in [0.15, 0.2) is 0 Å². The first-order valence-corrected chi connectivity index (χ1v) is 7.37. The summed E-state index contributed by atoms with van der Waals surface area (Å²) in [5.74, 6) is 0.0475. The molecule has 0 aliphatic carbocycles. The molecule has 1 saturated heterocycles. The van der Waals surface area contributed by atoms with Gasteiger partial charge in [0.1, 0.15) is 0 Å². The number of halogens is 1. The van der Waals surface area contributed by atoms with E-state index in [1.165, 1.54) is 12.5 Å². The van der Waals surface area contributed by atoms with E-state index in [0.29, 0.717) is 10.6 Å². The third kappa shape index (κ3) is 4.41. The summed E-state index contributed by atoms with van der Waals surface area (Å²) in [5.41, 5.74) is 0.497. The van der Waals surface area contributed by atoms with Crippen molar-refractivity contribution in [3.05, 3.63) is 38.9 Å². The second-order valence-corrected chi connectivity index (χ2v) is 5.51. The topological polar surface area (TPSA) is 75.5 Å². The van der Waals surface area contributed by atoms with E-state index in [1.54, 1.807) is 12.1 Å². The molecular weight excluding hydrogens is 294 g/mol. The molecular formula is C14H18ClN3O3. The van der Waals surface area contributed by atoms with Gasteiger partial charge < -0.3 is 10.2 Å². The molecule has 0 bridgehead atoms. The van der Waals surface area contributed by atoms with Gasteiger partial charge in [0.25, 0.3) is 5.69 Å². The zero-order valence-corrected chi connectivity index (χ0v) is 12.4. The van der Waals surface area contributed by atoms with Crippen LogP contribution >= 0.6 is 11.6 Å². The van der Waals surface area contributed by atoms with Crippen molar-refractivity contribution in [1.29, 1.82) is 0 Å². The zero-order chi connectivity index (χ0) is 15.2. The number of nitrogens with zero attached hydrogens (tertiary/aromatic N) is 2. The lowest BCUT2D eigenvalue weighted by Crippen LogP contribution is -2.41. The van der Waals surface area contributed by atoms with E-state index in [4.69, 9.17) is 11.6 Å². The molecule has 1 N–H and O–H groups in total. The van der Waals surface area contributed by atoms with Crippen LogP contribution in [0.15, 0.2) is 18.2 Å². The van der Waals surface area contributed by atoms with Gasteiger partial charge in [0.2, 0.25) is 5.91 Å². The summed E-state index contributed by atoms with van der Waals surface area (Å²) in [4.78, 5) is 24.3. The summed E-state index contributed by atoms with van der Waals surface area (Å²) < 4.78 is 0. The molecule has 1 amide bonds. The van der Waals surface area contributed by atoms with Crippen LogP contribution in [0.1, 0.15) is 24.8 Å². The summed E-state index contributed by atoms with van der Waals surface area (Å²) in [6.45, 7) is 2.08. The van der Waals surface area contributed by atoms with Crippen molar-refractivity contribution < 1.29 is 9.72 Å². The molecule has 1 aliphatic heterocycles. The number of hydrogen-bond acceptors (Lipinski definition) is 4. The molecule has 21 heavy (non-hydrogen) atoms. The van der Waals surface area contributed by atoms with Gasteiger partial charge in [-0.25, -0.2) is 0 Å². The molecule has 1 heterocycles. The Bertz CT molecular complexity index is 530. The van der Waals surface area contributed by atoms with Crippen molar-refractivity contribution in [3.63, 3.8) is 0 Å². The lowest BCUT2D eigenvalue weighted by molar-refractivity contribution is -0.385. The second-order valence-electron chi connectivity index (χ2n) is 5.08. The maximum Gasteiger partial charge on any atom is 0.275 e. The highest BCUT2D eigenvalue weighted by atomic mass is 35.5. The normalized spacial score (nSPS) is 15.0. The Morgan fingerprint density at radius 3 is 2.71 bits per heavy atom. The monoisotopic (exact) mass is 311 g/mol. The number of nitro groups is 1. The fourth-order valence-electron chi connectivity index (χ4n) is 2.42. The van der Waals surface area contributed by atoms with E-state index in [-0.39, 0.29) is 24.7 Å². The first-order chi connectivity index (χ1) is 10.1. The second kappa shape index (κ2) is 7.38. The van der Waals surface area contributed by atoms with E-state index in [9.17, 15) is 14.9 Å². The van der Waals surface area contributed by atoms with E-state index in [0.717, 1.165) is 25.9 Å². The molecule has 0 radical (unpaired) electrons. The van der Waals surface area contributed by atoms with E-state index in [2.05, 4.69) is 5.32 Å². The average molecular weight is 312 g/mol. The minimum atomic E-state index is -0.463. The smallest absolute Gasteiger partial charge is 0.275 e. The Balaban J connectivity index is 1.88. The molecule has 6 nitrogen and oxygen atoms in total. The number of likely N-dealkylation sites (tertiary alicyclic amines) is 1. The molecule has 114 valence electrons. The molecule has 1 aromatic carbocycles. The molecule has 0 saturated carbocycles. The van der Waals surface area contributed by atoms with Gasteiger partial charge in [-0.2, -0.15) is 0 Å². The Morgan fingerprint density at radius 1 is 1.33 bits per heavy atom. The van der Waals surface area contributed by atoms with Gasteiger partial charge in [-0.3, -0.25) is 14.9 Å². The van der Waals surface area contributed by atoms with Crippen LogP contribution in [0, 0.1) is 10.1 Å². The average Bonchev–Trinajstić information content (AvgIpc) is 2.49. The van der Waals surface area contributed by atoms with Gasteiger partial charge in [0.05, 0.1) is 11.5 Å². The summed E-state index contributed by atoms with van der Waals surface area (Å²) in [6.07, 6.45) is 3.27. The van der Waals surface area contributed by atoms with Crippen molar-refractivity contribution in [1.82, 2.24) is 10.2 Å². The van der Waals surface area contributed by atoms with E-state index < -0.39 is 4.92 Å². The number of carbonyl (C=O) groups excluding carboxylic acids is 1. The van der Waals surface area contributed by atoms with Crippen LogP contribution in [-0.4, -0.2) is 35.4 Å². The minimum Gasteiger partial charge on any atom is -0.342 e.